The fraction of sp³-hybridized carbons (Fsp3) is 0.526. The summed E-state index contributed by atoms with van der Waals surface area (Å²) in [4.78, 5) is 11.8. The van der Waals surface area contributed by atoms with Gasteiger partial charge in [0.25, 0.3) is 5.91 Å². The summed E-state index contributed by atoms with van der Waals surface area (Å²) in [5.74, 6) is -47.4. The van der Waals surface area contributed by atoms with E-state index in [4.69, 9.17) is 0 Å². The SMILES string of the molecule is O=C(NCCCC(I)=CC(F)(F)C(F)(F)C(F)(F)C(F)(F)C(F)(F)C(F)(F)C(F)(F)F)c1ccccc1. The largest absolute Gasteiger partial charge is 0.460 e. The number of amides is 1. The molecule has 1 aromatic rings. The van der Waals surface area contributed by atoms with E-state index in [0.29, 0.717) is 0 Å². The Hall–Kier alpha value is -1.89. The van der Waals surface area contributed by atoms with Gasteiger partial charge in [-0.2, -0.15) is 65.9 Å². The van der Waals surface area contributed by atoms with Crippen molar-refractivity contribution in [1.82, 2.24) is 5.32 Å². The molecule has 0 saturated carbocycles. The van der Waals surface area contributed by atoms with Gasteiger partial charge in [-0.25, -0.2) is 0 Å². The first-order valence-corrected chi connectivity index (χ1v) is 10.5. The molecule has 2 nitrogen and oxygen atoms in total. The zero-order valence-corrected chi connectivity index (χ0v) is 19.7. The number of halogens is 16. The van der Waals surface area contributed by atoms with Crippen LogP contribution in [0.4, 0.5) is 65.9 Å². The van der Waals surface area contributed by atoms with Crippen LogP contribution >= 0.6 is 22.6 Å². The molecule has 0 atom stereocenters. The lowest BCUT2D eigenvalue weighted by molar-refractivity contribution is -0.449. The molecule has 0 aliphatic carbocycles. The van der Waals surface area contributed by atoms with Crippen molar-refractivity contribution < 1.29 is 70.7 Å². The normalized spacial score (nSPS) is 15.1. The Balaban J connectivity index is 3.10. The monoisotopic (exact) mass is 683 g/mol. The van der Waals surface area contributed by atoms with E-state index < -0.39 is 63.7 Å². The summed E-state index contributed by atoms with van der Waals surface area (Å²) in [5, 5.41) is 2.26. The van der Waals surface area contributed by atoms with E-state index in [2.05, 4.69) is 5.32 Å². The van der Waals surface area contributed by atoms with Crippen LogP contribution in [0, 0.1) is 0 Å². The standard InChI is InChI=1S/C19H13F15INO/c20-13(21,9-11(35)7-4-8-36-12(37)10-5-2-1-3-6-10)14(22,23)15(24,25)16(26,27)17(28,29)18(30,31)19(32,33)34/h1-3,5-6,9H,4,7-8H2,(H,36,37). The lowest BCUT2D eigenvalue weighted by atomic mass is 9.91. The average molecular weight is 683 g/mol. The zero-order valence-electron chi connectivity index (χ0n) is 17.5. The molecule has 0 radical (unpaired) electrons. The van der Waals surface area contributed by atoms with Crippen molar-refractivity contribution in [3.05, 3.63) is 45.6 Å². The van der Waals surface area contributed by atoms with Crippen molar-refractivity contribution in [3.8, 4) is 0 Å². The third-order valence-corrected chi connectivity index (χ3v) is 5.45. The summed E-state index contributed by atoms with van der Waals surface area (Å²) in [5.41, 5.74) is 0.162. The molecule has 1 amide bonds. The van der Waals surface area contributed by atoms with Crippen molar-refractivity contribution in [3.63, 3.8) is 0 Å². The van der Waals surface area contributed by atoms with Crippen molar-refractivity contribution in [1.29, 1.82) is 0 Å². The van der Waals surface area contributed by atoms with Crippen LogP contribution in [-0.2, 0) is 0 Å². The van der Waals surface area contributed by atoms with E-state index in [9.17, 15) is 70.7 Å². The number of hydrogen-bond donors (Lipinski definition) is 1. The molecule has 1 aromatic carbocycles. The van der Waals surface area contributed by atoms with E-state index in [0.717, 1.165) is 22.6 Å². The van der Waals surface area contributed by atoms with E-state index >= 15 is 0 Å². The second-order valence-electron chi connectivity index (χ2n) is 7.31. The zero-order chi connectivity index (χ0) is 29.3. The smallest absolute Gasteiger partial charge is 0.352 e. The van der Waals surface area contributed by atoms with Gasteiger partial charge in [0.1, 0.15) is 0 Å². The molecular weight excluding hydrogens is 670 g/mol. The lowest BCUT2D eigenvalue weighted by Crippen LogP contribution is -2.72. The minimum atomic E-state index is -8.31. The van der Waals surface area contributed by atoms with Crippen LogP contribution in [0.5, 0.6) is 0 Å². The summed E-state index contributed by atoms with van der Waals surface area (Å²) in [7, 11) is 0. The van der Waals surface area contributed by atoms with Gasteiger partial charge in [-0.15, -0.1) is 0 Å². The van der Waals surface area contributed by atoms with Gasteiger partial charge in [0.15, 0.2) is 0 Å². The quantitative estimate of drug-likeness (QED) is 0.144. The molecule has 212 valence electrons. The Morgan fingerprint density at radius 2 is 1.14 bits per heavy atom. The Kier molecular flexibility index (Phi) is 9.59. The van der Waals surface area contributed by atoms with Crippen LogP contribution in [0.2, 0.25) is 0 Å². The highest BCUT2D eigenvalue weighted by Gasteiger charge is 2.93. The molecule has 0 fully saturated rings. The highest BCUT2D eigenvalue weighted by molar-refractivity contribution is 14.1. The molecule has 0 aliphatic rings. The maximum atomic E-state index is 13.9. The highest BCUT2D eigenvalue weighted by atomic mass is 127. The topological polar surface area (TPSA) is 29.1 Å². The van der Waals surface area contributed by atoms with Crippen LogP contribution in [0.15, 0.2) is 40.0 Å². The number of benzene rings is 1. The van der Waals surface area contributed by atoms with E-state index in [1.165, 1.54) is 24.3 Å². The van der Waals surface area contributed by atoms with E-state index in [1.54, 1.807) is 6.07 Å². The second-order valence-corrected chi connectivity index (χ2v) is 8.69. The first kappa shape index (κ1) is 33.1. The van der Waals surface area contributed by atoms with Gasteiger partial charge in [-0.1, -0.05) is 18.2 Å². The first-order valence-electron chi connectivity index (χ1n) is 9.42. The van der Waals surface area contributed by atoms with Gasteiger partial charge in [0.05, 0.1) is 0 Å². The minimum absolute atomic E-state index is 0.162. The van der Waals surface area contributed by atoms with Gasteiger partial charge in [-0.3, -0.25) is 4.79 Å². The van der Waals surface area contributed by atoms with Gasteiger partial charge >= 0.3 is 41.7 Å². The minimum Gasteiger partial charge on any atom is -0.352 e. The van der Waals surface area contributed by atoms with Crippen LogP contribution in [0.25, 0.3) is 0 Å². The van der Waals surface area contributed by atoms with Crippen LogP contribution in [0.1, 0.15) is 23.2 Å². The Bertz CT molecular complexity index is 973. The fourth-order valence-corrected chi connectivity index (χ4v) is 3.26. The predicted molar refractivity (Wildman–Crippen MR) is 106 cm³/mol. The summed E-state index contributed by atoms with van der Waals surface area (Å²) in [6, 6.07) is 7.31. The van der Waals surface area contributed by atoms with Crippen LogP contribution in [-0.4, -0.2) is 54.2 Å². The lowest BCUT2D eigenvalue weighted by Gasteiger charge is -2.41. The molecule has 0 bridgehead atoms. The maximum Gasteiger partial charge on any atom is 0.460 e. The van der Waals surface area contributed by atoms with Crippen molar-refractivity contribution in [2.24, 2.45) is 0 Å². The molecule has 0 aliphatic heterocycles. The number of allylic oxidation sites excluding steroid dienone is 2. The number of carbonyl (C=O) groups is 1. The molecule has 0 saturated heterocycles. The second kappa shape index (κ2) is 10.7. The molecule has 18 heteroatoms. The molecule has 1 rings (SSSR count). The Morgan fingerprint density at radius 1 is 0.703 bits per heavy atom. The molecular formula is C19H13F15INO. The Labute approximate surface area is 211 Å². The molecule has 1 N–H and O–H groups in total. The summed E-state index contributed by atoms with van der Waals surface area (Å²) in [6.45, 7) is -0.303. The van der Waals surface area contributed by atoms with Gasteiger partial charge in [-0.05, 0) is 51.1 Å². The molecule has 0 unspecified atom stereocenters. The highest BCUT2D eigenvalue weighted by Crippen LogP contribution is 2.62. The van der Waals surface area contributed by atoms with Crippen molar-refractivity contribution in [2.75, 3.05) is 6.54 Å². The third-order valence-electron chi connectivity index (χ3n) is 4.60. The summed E-state index contributed by atoms with van der Waals surface area (Å²) >= 11 is 0.850. The molecule has 0 heterocycles. The molecule has 37 heavy (non-hydrogen) atoms. The maximum absolute atomic E-state index is 13.9. The average Bonchev–Trinajstić information content (AvgIpc) is 2.75. The number of nitrogens with one attached hydrogen (secondary N) is 1. The molecule has 0 aromatic heterocycles. The van der Waals surface area contributed by atoms with Gasteiger partial charge in [0.2, 0.25) is 0 Å². The summed E-state index contributed by atoms with van der Waals surface area (Å²) < 4.78 is 197. The number of rotatable bonds is 11. The number of carbonyl (C=O) groups excluding carboxylic acids is 1. The first-order chi connectivity index (χ1) is 16.4. The summed E-state index contributed by atoms with van der Waals surface area (Å²) in [6.07, 6.45) is -9.71. The number of hydrogen-bond acceptors (Lipinski definition) is 1. The van der Waals surface area contributed by atoms with Crippen LogP contribution in [0.3, 0.4) is 0 Å². The predicted octanol–water partition coefficient (Wildman–Crippen LogP) is 7.89. The van der Waals surface area contributed by atoms with E-state index in [1.807, 2.05) is 0 Å². The van der Waals surface area contributed by atoms with Crippen molar-refractivity contribution >= 4 is 28.5 Å². The number of alkyl halides is 15. The van der Waals surface area contributed by atoms with Gasteiger partial charge < -0.3 is 5.32 Å². The Morgan fingerprint density at radius 3 is 1.59 bits per heavy atom. The van der Waals surface area contributed by atoms with Crippen LogP contribution < -0.4 is 5.32 Å². The third kappa shape index (κ3) is 6.07. The fourth-order valence-electron chi connectivity index (χ4n) is 2.49. The van der Waals surface area contributed by atoms with Crippen molar-refractivity contribution in [2.45, 2.75) is 54.6 Å². The van der Waals surface area contributed by atoms with E-state index in [-0.39, 0.29) is 18.5 Å². The van der Waals surface area contributed by atoms with Gasteiger partial charge in [0, 0.05) is 18.2 Å². The molecule has 0 spiro atoms.